The molecule has 0 spiro atoms. The Balaban J connectivity index is 2.25. The van der Waals surface area contributed by atoms with Gasteiger partial charge in [-0.15, -0.1) is 0 Å². The van der Waals surface area contributed by atoms with E-state index in [1.54, 1.807) is 12.1 Å². The molecule has 0 fully saturated rings. The Kier molecular flexibility index (Phi) is 2.64. The molecule has 0 unspecified atom stereocenters. The number of ether oxygens (including phenoxy) is 1. The molecule has 2 rings (SSSR count). The smallest absolute Gasteiger partial charge is 0.328 e. The van der Waals surface area contributed by atoms with Crippen molar-refractivity contribution >= 4 is 17.5 Å². The van der Waals surface area contributed by atoms with E-state index in [2.05, 4.69) is 15.0 Å². The second-order valence-electron chi connectivity index (χ2n) is 2.66. The standard InChI is InChI=1S/C9H7ClN4O/c10-7-12-8(11)14-9(13-7)15-6-4-2-1-3-5-6/h1-5H,(H2,11,12,13,14). The lowest BCUT2D eigenvalue weighted by atomic mass is 10.3. The lowest BCUT2D eigenvalue weighted by molar-refractivity contribution is 0.441. The predicted molar refractivity (Wildman–Crippen MR) is 55.8 cm³/mol. The summed E-state index contributed by atoms with van der Waals surface area (Å²) in [6.07, 6.45) is 0. The minimum atomic E-state index is 0.00781. The van der Waals surface area contributed by atoms with Crippen molar-refractivity contribution in [3.05, 3.63) is 35.6 Å². The number of hydrogen-bond acceptors (Lipinski definition) is 5. The fourth-order valence-corrected chi connectivity index (χ4v) is 1.14. The first-order valence-corrected chi connectivity index (χ1v) is 4.52. The Hall–Kier alpha value is -1.88. The third-order valence-corrected chi connectivity index (χ3v) is 1.73. The molecule has 0 atom stereocenters. The number of nitrogens with two attached hydrogens (primary N) is 1. The van der Waals surface area contributed by atoms with Crippen LogP contribution in [0.4, 0.5) is 5.95 Å². The van der Waals surface area contributed by atoms with Gasteiger partial charge in [0.1, 0.15) is 5.75 Å². The first kappa shape index (κ1) is 9.67. The molecule has 0 bridgehead atoms. The largest absolute Gasteiger partial charge is 0.424 e. The van der Waals surface area contributed by atoms with E-state index in [1.807, 2.05) is 18.2 Å². The van der Waals surface area contributed by atoms with Gasteiger partial charge in [0, 0.05) is 0 Å². The SMILES string of the molecule is Nc1nc(Cl)nc(Oc2ccccc2)n1. The molecule has 0 radical (unpaired) electrons. The van der Waals surface area contributed by atoms with Gasteiger partial charge in [-0.2, -0.15) is 15.0 Å². The third kappa shape index (κ3) is 2.54. The quantitative estimate of drug-likeness (QED) is 0.840. The number of anilines is 1. The van der Waals surface area contributed by atoms with Crippen LogP contribution in [0.3, 0.4) is 0 Å². The van der Waals surface area contributed by atoms with Crippen molar-refractivity contribution in [2.45, 2.75) is 0 Å². The highest BCUT2D eigenvalue weighted by molar-refractivity contribution is 6.28. The normalized spacial score (nSPS) is 9.93. The van der Waals surface area contributed by atoms with Crippen molar-refractivity contribution in [3.63, 3.8) is 0 Å². The van der Waals surface area contributed by atoms with Crippen LogP contribution in [0.5, 0.6) is 11.8 Å². The van der Waals surface area contributed by atoms with E-state index in [9.17, 15) is 0 Å². The maximum Gasteiger partial charge on any atom is 0.328 e. The van der Waals surface area contributed by atoms with Gasteiger partial charge in [0.2, 0.25) is 11.2 Å². The molecule has 2 N–H and O–H groups in total. The van der Waals surface area contributed by atoms with E-state index in [0.717, 1.165) is 0 Å². The van der Waals surface area contributed by atoms with Crippen molar-refractivity contribution in [2.75, 3.05) is 5.73 Å². The molecule has 0 amide bonds. The number of nitrogen functional groups attached to an aromatic ring is 1. The van der Waals surface area contributed by atoms with E-state index < -0.39 is 0 Å². The van der Waals surface area contributed by atoms with Crippen LogP contribution < -0.4 is 10.5 Å². The number of para-hydroxylation sites is 1. The van der Waals surface area contributed by atoms with Gasteiger partial charge in [-0.25, -0.2) is 0 Å². The summed E-state index contributed by atoms with van der Waals surface area (Å²) in [6, 6.07) is 9.17. The Bertz CT molecular complexity index is 443. The van der Waals surface area contributed by atoms with Crippen LogP contribution >= 0.6 is 11.6 Å². The van der Waals surface area contributed by atoms with Gasteiger partial charge >= 0.3 is 6.01 Å². The van der Waals surface area contributed by atoms with E-state index in [4.69, 9.17) is 22.1 Å². The molecule has 76 valence electrons. The zero-order valence-electron chi connectivity index (χ0n) is 7.59. The molecule has 0 aliphatic heterocycles. The van der Waals surface area contributed by atoms with Gasteiger partial charge in [-0.3, -0.25) is 0 Å². The lowest BCUT2D eigenvalue weighted by Crippen LogP contribution is -2.00. The van der Waals surface area contributed by atoms with E-state index in [1.165, 1.54) is 0 Å². The van der Waals surface area contributed by atoms with Crippen molar-refractivity contribution in [2.24, 2.45) is 0 Å². The highest BCUT2D eigenvalue weighted by atomic mass is 35.5. The first-order valence-electron chi connectivity index (χ1n) is 4.14. The Morgan fingerprint density at radius 2 is 1.80 bits per heavy atom. The number of rotatable bonds is 2. The molecule has 0 saturated carbocycles. The van der Waals surface area contributed by atoms with Crippen LogP contribution in [0.1, 0.15) is 0 Å². The molecule has 0 aliphatic carbocycles. The monoisotopic (exact) mass is 222 g/mol. The van der Waals surface area contributed by atoms with Gasteiger partial charge < -0.3 is 10.5 Å². The summed E-state index contributed by atoms with van der Waals surface area (Å²) < 4.78 is 5.31. The first-order chi connectivity index (χ1) is 7.24. The molecular formula is C9H7ClN4O. The van der Waals surface area contributed by atoms with Crippen LogP contribution in [0.25, 0.3) is 0 Å². The Morgan fingerprint density at radius 1 is 1.07 bits per heavy atom. The average molecular weight is 223 g/mol. The van der Waals surface area contributed by atoms with Crippen LogP contribution in [0.2, 0.25) is 5.28 Å². The van der Waals surface area contributed by atoms with E-state index >= 15 is 0 Å². The van der Waals surface area contributed by atoms with Gasteiger partial charge in [-0.05, 0) is 23.7 Å². The molecule has 2 aromatic rings. The Morgan fingerprint density at radius 3 is 2.47 bits per heavy atom. The van der Waals surface area contributed by atoms with Crippen molar-refractivity contribution < 1.29 is 4.74 Å². The van der Waals surface area contributed by atoms with Gasteiger partial charge in [0.05, 0.1) is 0 Å². The van der Waals surface area contributed by atoms with Crippen LogP contribution in [0, 0.1) is 0 Å². The summed E-state index contributed by atoms with van der Waals surface area (Å²) in [5.74, 6) is 0.639. The minimum absolute atomic E-state index is 0.00781. The number of nitrogens with zero attached hydrogens (tertiary/aromatic N) is 3. The number of halogens is 1. The zero-order valence-corrected chi connectivity index (χ0v) is 8.35. The van der Waals surface area contributed by atoms with Gasteiger partial charge in [0.15, 0.2) is 0 Å². The zero-order chi connectivity index (χ0) is 10.7. The fourth-order valence-electron chi connectivity index (χ4n) is 0.986. The lowest BCUT2D eigenvalue weighted by Gasteiger charge is -2.03. The van der Waals surface area contributed by atoms with Crippen LogP contribution in [-0.4, -0.2) is 15.0 Å². The summed E-state index contributed by atoms with van der Waals surface area (Å²) in [5, 5.41) is 0.00781. The number of hydrogen-bond donors (Lipinski definition) is 1. The molecule has 1 aromatic heterocycles. The summed E-state index contributed by atoms with van der Waals surface area (Å²) in [7, 11) is 0. The van der Waals surface area contributed by atoms with Crippen LogP contribution in [0.15, 0.2) is 30.3 Å². The van der Waals surface area contributed by atoms with Crippen molar-refractivity contribution in [1.82, 2.24) is 15.0 Å². The Labute approximate surface area is 90.9 Å². The molecular weight excluding hydrogens is 216 g/mol. The van der Waals surface area contributed by atoms with Crippen molar-refractivity contribution in [1.29, 1.82) is 0 Å². The topological polar surface area (TPSA) is 73.9 Å². The van der Waals surface area contributed by atoms with E-state index in [-0.39, 0.29) is 17.2 Å². The second kappa shape index (κ2) is 4.10. The molecule has 1 aromatic carbocycles. The summed E-state index contributed by atoms with van der Waals surface area (Å²) in [5.41, 5.74) is 5.39. The van der Waals surface area contributed by atoms with Crippen molar-refractivity contribution in [3.8, 4) is 11.8 Å². The molecule has 6 heteroatoms. The molecule has 0 saturated heterocycles. The maximum absolute atomic E-state index is 5.59. The second-order valence-corrected chi connectivity index (χ2v) is 3.00. The molecule has 1 heterocycles. The average Bonchev–Trinajstić information content (AvgIpc) is 2.17. The minimum Gasteiger partial charge on any atom is -0.424 e. The van der Waals surface area contributed by atoms with E-state index in [0.29, 0.717) is 5.75 Å². The molecule has 0 aliphatic rings. The maximum atomic E-state index is 5.59. The summed E-state index contributed by atoms with van der Waals surface area (Å²) in [6.45, 7) is 0. The van der Waals surface area contributed by atoms with Crippen LogP contribution in [-0.2, 0) is 0 Å². The number of benzene rings is 1. The fraction of sp³-hybridized carbons (Fsp3) is 0. The molecule has 15 heavy (non-hydrogen) atoms. The summed E-state index contributed by atoms with van der Waals surface area (Å²) in [4.78, 5) is 11.2. The number of aromatic nitrogens is 3. The summed E-state index contributed by atoms with van der Waals surface area (Å²) >= 11 is 5.59. The van der Waals surface area contributed by atoms with Gasteiger partial charge in [-0.1, -0.05) is 18.2 Å². The highest BCUT2D eigenvalue weighted by Crippen LogP contribution is 2.18. The molecule has 5 nitrogen and oxygen atoms in total. The highest BCUT2D eigenvalue weighted by Gasteiger charge is 2.04. The van der Waals surface area contributed by atoms with Gasteiger partial charge in [0.25, 0.3) is 0 Å². The predicted octanol–water partition coefficient (Wildman–Crippen LogP) is 1.90. The third-order valence-electron chi connectivity index (χ3n) is 1.56.